The first-order chi connectivity index (χ1) is 14.6. The minimum absolute atomic E-state index is 0.0551. The van der Waals surface area contributed by atoms with E-state index in [9.17, 15) is 4.79 Å². The lowest BCUT2D eigenvalue weighted by atomic mass is 10.1. The normalized spacial score (nSPS) is 10.9. The zero-order chi connectivity index (χ0) is 21.8. The van der Waals surface area contributed by atoms with Crippen LogP contribution < -0.4 is 14.2 Å². The molecule has 0 aliphatic rings. The number of ether oxygens (including phenoxy) is 3. The van der Waals surface area contributed by atoms with Crippen molar-refractivity contribution in [2.75, 3.05) is 19.8 Å². The summed E-state index contributed by atoms with van der Waals surface area (Å²) in [5.74, 6) is 2.33. The zero-order valence-corrected chi connectivity index (χ0v) is 18.7. The van der Waals surface area contributed by atoms with Crippen molar-refractivity contribution >= 4 is 11.9 Å². The fraction of sp³-hybridized carbons (Fsp3) is 0.423. The molecule has 0 saturated heterocycles. The summed E-state index contributed by atoms with van der Waals surface area (Å²) in [5, 5.41) is 0. The molecular formula is C26H34O4. The second-order valence-corrected chi connectivity index (χ2v) is 7.20. The second kappa shape index (κ2) is 12.7. The first-order valence-corrected chi connectivity index (χ1v) is 10.9. The maximum Gasteiger partial charge on any atom is 0.185 e. The average molecular weight is 411 g/mol. The van der Waals surface area contributed by atoms with Gasteiger partial charge in [0.1, 0.15) is 17.2 Å². The van der Waals surface area contributed by atoms with Crippen molar-refractivity contribution in [2.24, 2.45) is 0 Å². The summed E-state index contributed by atoms with van der Waals surface area (Å²) < 4.78 is 17.4. The van der Waals surface area contributed by atoms with E-state index in [1.54, 1.807) is 18.2 Å². The Morgan fingerprint density at radius 3 is 1.93 bits per heavy atom. The number of unbranched alkanes of at least 4 members (excludes halogenated alkanes) is 2. The summed E-state index contributed by atoms with van der Waals surface area (Å²) >= 11 is 0. The smallest absolute Gasteiger partial charge is 0.185 e. The maximum absolute atomic E-state index is 12.6. The van der Waals surface area contributed by atoms with E-state index in [1.165, 1.54) is 0 Å². The van der Waals surface area contributed by atoms with Gasteiger partial charge in [-0.15, -0.1) is 0 Å². The monoisotopic (exact) mass is 410 g/mol. The number of carbonyl (C=O) groups excluding carboxylic acids is 1. The van der Waals surface area contributed by atoms with E-state index in [4.69, 9.17) is 14.2 Å². The Labute approximate surface area is 180 Å². The molecular weight excluding hydrogens is 376 g/mol. The van der Waals surface area contributed by atoms with Crippen molar-refractivity contribution in [1.29, 1.82) is 0 Å². The number of hydrogen-bond donors (Lipinski definition) is 0. The molecule has 0 amide bonds. The summed E-state index contributed by atoms with van der Waals surface area (Å²) in [6.45, 7) is 10.2. The van der Waals surface area contributed by atoms with Gasteiger partial charge >= 0.3 is 0 Å². The van der Waals surface area contributed by atoms with Crippen LogP contribution in [0.4, 0.5) is 0 Å². The van der Waals surface area contributed by atoms with Gasteiger partial charge in [0, 0.05) is 11.1 Å². The molecule has 0 heterocycles. The maximum atomic E-state index is 12.6. The number of ketones is 1. The van der Waals surface area contributed by atoms with Gasteiger partial charge in [0.15, 0.2) is 5.78 Å². The van der Waals surface area contributed by atoms with Crippen molar-refractivity contribution in [3.8, 4) is 17.2 Å². The molecule has 0 atom stereocenters. The molecule has 2 aromatic rings. The number of allylic oxidation sites excluding steroid dienone is 1. The fourth-order valence-corrected chi connectivity index (χ4v) is 2.88. The van der Waals surface area contributed by atoms with Crippen LogP contribution in [0.25, 0.3) is 6.08 Å². The van der Waals surface area contributed by atoms with Gasteiger partial charge in [0.25, 0.3) is 0 Å². The molecule has 2 rings (SSSR count). The Bertz CT molecular complexity index is 790. The van der Waals surface area contributed by atoms with Crippen LogP contribution in [0.2, 0.25) is 0 Å². The van der Waals surface area contributed by atoms with Gasteiger partial charge in [-0.2, -0.15) is 0 Å². The standard InChI is InChI=1S/C26H34O4/c1-5-8-16-29-25-18-21(19-26(20(25)4)30-17-9-6-2)10-15-24(27)22-11-13-23(14-12-22)28-7-3/h10-15,18-19H,5-9,16-17H2,1-4H3/b15-10+. The molecule has 4 heteroatoms. The molecule has 2 aromatic carbocycles. The molecule has 0 aromatic heterocycles. The SMILES string of the molecule is CCCCOc1cc(/C=C/C(=O)c2ccc(OCC)cc2)cc(OCCCC)c1C. The Hall–Kier alpha value is -2.75. The van der Waals surface area contributed by atoms with Crippen molar-refractivity contribution in [3.63, 3.8) is 0 Å². The third kappa shape index (κ3) is 7.25. The van der Waals surface area contributed by atoms with Crippen LogP contribution >= 0.6 is 0 Å². The highest BCUT2D eigenvalue weighted by Crippen LogP contribution is 2.31. The number of hydrogen-bond acceptors (Lipinski definition) is 4. The third-order valence-corrected chi connectivity index (χ3v) is 4.72. The Kier molecular flexibility index (Phi) is 9.99. The topological polar surface area (TPSA) is 44.8 Å². The van der Waals surface area contributed by atoms with Gasteiger partial charge in [0.2, 0.25) is 0 Å². The van der Waals surface area contributed by atoms with Crippen LogP contribution in [0.1, 0.15) is 67.9 Å². The van der Waals surface area contributed by atoms with Gasteiger partial charge < -0.3 is 14.2 Å². The lowest BCUT2D eigenvalue weighted by Crippen LogP contribution is -2.03. The van der Waals surface area contributed by atoms with Crippen molar-refractivity contribution in [2.45, 2.75) is 53.4 Å². The van der Waals surface area contributed by atoms with Crippen LogP contribution in [0.3, 0.4) is 0 Å². The van der Waals surface area contributed by atoms with E-state index in [0.29, 0.717) is 25.4 Å². The fourth-order valence-electron chi connectivity index (χ4n) is 2.88. The highest BCUT2D eigenvalue weighted by Gasteiger charge is 2.10. The van der Waals surface area contributed by atoms with E-state index < -0.39 is 0 Å². The summed E-state index contributed by atoms with van der Waals surface area (Å²) in [7, 11) is 0. The summed E-state index contributed by atoms with van der Waals surface area (Å²) in [5.41, 5.74) is 2.51. The number of carbonyl (C=O) groups is 1. The molecule has 0 fully saturated rings. The minimum atomic E-state index is -0.0551. The summed E-state index contributed by atoms with van der Waals surface area (Å²) in [6, 6.07) is 11.1. The van der Waals surface area contributed by atoms with Gasteiger partial charge in [-0.25, -0.2) is 0 Å². The molecule has 0 N–H and O–H groups in total. The first-order valence-electron chi connectivity index (χ1n) is 10.9. The van der Waals surface area contributed by atoms with Crippen LogP contribution in [-0.2, 0) is 0 Å². The predicted molar refractivity (Wildman–Crippen MR) is 123 cm³/mol. The van der Waals surface area contributed by atoms with Crippen LogP contribution in [0.15, 0.2) is 42.5 Å². The number of rotatable bonds is 13. The van der Waals surface area contributed by atoms with Crippen LogP contribution in [0.5, 0.6) is 17.2 Å². The second-order valence-electron chi connectivity index (χ2n) is 7.20. The molecule has 0 saturated carbocycles. The average Bonchev–Trinajstić information content (AvgIpc) is 2.75. The molecule has 0 radical (unpaired) electrons. The summed E-state index contributed by atoms with van der Waals surface area (Å²) in [6.07, 6.45) is 7.57. The Morgan fingerprint density at radius 1 is 0.867 bits per heavy atom. The Morgan fingerprint density at radius 2 is 1.43 bits per heavy atom. The minimum Gasteiger partial charge on any atom is -0.494 e. The van der Waals surface area contributed by atoms with E-state index in [-0.39, 0.29) is 5.78 Å². The van der Waals surface area contributed by atoms with E-state index >= 15 is 0 Å². The molecule has 0 spiro atoms. The van der Waals surface area contributed by atoms with Gasteiger partial charge in [-0.3, -0.25) is 4.79 Å². The quantitative estimate of drug-likeness (QED) is 0.211. The largest absolute Gasteiger partial charge is 0.494 e. The third-order valence-electron chi connectivity index (χ3n) is 4.72. The van der Waals surface area contributed by atoms with Gasteiger partial charge in [0.05, 0.1) is 19.8 Å². The van der Waals surface area contributed by atoms with Crippen molar-refractivity contribution in [1.82, 2.24) is 0 Å². The lowest BCUT2D eigenvalue weighted by molar-refractivity contribution is 0.104. The Balaban J connectivity index is 2.19. The van der Waals surface area contributed by atoms with Gasteiger partial charge in [-0.05, 0) is 74.7 Å². The van der Waals surface area contributed by atoms with Crippen LogP contribution in [0, 0.1) is 6.92 Å². The molecule has 0 unspecified atom stereocenters. The van der Waals surface area contributed by atoms with E-state index in [1.807, 2.05) is 44.2 Å². The van der Waals surface area contributed by atoms with Crippen molar-refractivity contribution in [3.05, 3.63) is 59.2 Å². The molecule has 0 aliphatic carbocycles. The molecule has 0 aliphatic heterocycles. The van der Waals surface area contributed by atoms with Crippen molar-refractivity contribution < 1.29 is 19.0 Å². The number of benzene rings is 2. The van der Waals surface area contributed by atoms with E-state index in [0.717, 1.165) is 54.1 Å². The first kappa shape index (κ1) is 23.5. The zero-order valence-electron chi connectivity index (χ0n) is 18.7. The van der Waals surface area contributed by atoms with Crippen LogP contribution in [-0.4, -0.2) is 25.6 Å². The summed E-state index contributed by atoms with van der Waals surface area (Å²) in [4.78, 5) is 12.6. The molecule has 0 bridgehead atoms. The molecule has 30 heavy (non-hydrogen) atoms. The van der Waals surface area contributed by atoms with Gasteiger partial charge in [-0.1, -0.05) is 32.8 Å². The lowest BCUT2D eigenvalue weighted by Gasteiger charge is -2.15. The highest BCUT2D eigenvalue weighted by atomic mass is 16.5. The molecule has 162 valence electrons. The molecule has 4 nitrogen and oxygen atoms in total. The highest BCUT2D eigenvalue weighted by molar-refractivity contribution is 6.06. The predicted octanol–water partition coefficient (Wildman–Crippen LogP) is 6.65. The van der Waals surface area contributed by atoms with E-state index in [2.05, 4.69) is 13.8 Å².